The van der Waals surface area contributed by atoms with E-state index in [1.165, 1.54) is 0 Å². The van der Waals surface area contributed by atoms with Gasteiger partial charge in [0.15, 0.2) is 5.90 Å². The first kappa shape index (κ1) is 11.8. The quantitative estimate of drug-likeness (QED) is 0.395. The molecule has 1 aliphatic rings. The van der Waals surface area contributed by atoms with E-state index in [0.717, 1.165) is 18.4 Å². The van der Waals surface area contributed by atoms with E-state index in [2.05, 4.69) is 11.6 Å². The molecule has 0 fully saturated rings. The summed E-state index contributed by atoms with van der Waals surface area (Å²) >= 11 is 0. The molecule has 1 aliphatic heterocycles. The van der Waals surface area contributed by atoms with Gasteiger partial charge in [0.2, 0.25) is 0 Å². The van der Waals surface area contributed by atoms with Crippen LogP contribution >= 0.6 is 0 Å². The third-order valence-electron chi connectivity index (χ3n) is 1.97. The molecule has 0 spiro atoms. The molecule has 0 amide bonds. The molecule has 1 heterocycles. The van der Waals surface area contributed by atoms with Crippen LogP contribution in [0.2, 0.25) is 0 Å². The number of ether oxygens (including phenoxy) is 2. The van der Waals surface area contributed by atoms with E-state index in [1.54, 1.807) is 0 Å². The average molecular weight is 211 g/mol. The Morgan fingerprint density at radius 3 is 3.00 bits per heavy atom. The summed E-state index contributed by atoms with van der Waals surface area (Å²) in [6.45, 7) is 8.38. The van der Waals surface area contributed by atoms with E-state index in [4.69, 9.17) is 9.47 Å². The molecule has 4 nitrogen and oxygen atoms in total. The topological polar surface area (TPSA) is 47.9 Å². The number of carbonyl (C=O) groups excluding carboxylic acids is 1. The normalized spacial score (nSPS) is 17.9. The molecule has 0 radical (unpaired) electrons. The highest BCUT2D eigenvalue weighted by Crippen LogP contribution is 2.18. The first-order valence-corrected chi connectivity index (χ1v) is 5.04. The third kappa shape index (κ3) is 4.14. The summed E-state index contributed by atoms with van der Waals surface area (Å²) in [5.41, 5.74) is -0.104. The molecule has 0 saturated heterocycles. The lowest BCUT2D eigenvalue weighted by Gasteiger charge is -2.07. The zero-order chi connectivity index (χ0) is 11.3. The summed E-state index contributed by atoms with van der Waals surface area (Å²) in [4.78, 5) is 15.1. The molecule has 1 rings (SSSR count). The van der Waals surface area contributed by atoms with Crippen molar-refractivity contribution in [1.29, 1.82) is 0 Å². The maximum Gasteiger partial charge on any atom is 0.330 e. The van der Waals surface area contributed by atoms with E-state index in [9.17, 15) is 4.79 Å². The highest BCUT2D eigenvalue weighted by Gasteiger charge is 2.25. The van der Waals surface area contributed by atoms with Gasteiger partial charge in [-0.1, -0.05) is 6.58 Å². The number of hydrogen-bond acceptors (Lipinski definition) is 4. The van der Waals surface area contributed by atoms with Crippen LogP contribution in [0.4, 0.5) is 0 Å². The highest BCUT2D eigenvalue weighted by atomic mass is 16.5. The van der Waals surface area contributed by atoms with Crippen molar-refractivity contribution >= 4 is 11.9 Å². The number of carbonyl (C=O) groups is 1. The first-order valence-electron chi connectivity index (χ1n) is 5.04. The Hall–Kier alpha value is -1.32. The van der Waals surface area contributed by atoms with E-state index >= 15 is 0 Å². The SMILES string of the molecule is C=CC(=O)OCCCC1=NC(C)(C)CO1. The van der Waals surface area contributed by atoms with Crippen molar-refractivity contribution < 1.29 is 14.3 Å². The molecule has 0 aromatic rings. The van der Waals surface area contributed by atoms with Gasteiger partial charge in [0, 0.05) is 12.5 Å². The Bertz CT molecular complexity index is 282. The van der Waals surface area contributed by atoms with E-state index in [-0.39, 0.29) is 11.5 Å². The molecule has 0 aromatic heterocycles. The minimum Gasteiger partial charge on any atom is -0.478 e. The average Bonchev–Trinajstić information content (AvgIpc) is 2.52. The van der Waals surface area contributed by atoms with E-state index in [1.807, 2.05) is 13.8 Å². The Balaban J connectivity index is 2.16. The third-order valence-corrected chi connectivity index (χ3v) is 1.97. The van der Waals surface area contributed by atoms with Gasteiger partial charge in [-0.25, -0.2) is 9.79 Å². The number of rotatable bonds is 5. The fraction of sp³-hybridized carbons (Fsp3) is 0.636. The van der Waals surface area contributed by atoms with E-state index in [0.29, 0.717) is 19.6 Å². The maximum atomic E-state index is 10.7. The molecule has 0 aromatic carbocycles. The number of esters is 1. The molecular weight excluding hydrogens is 194 g/mol. The number of hydrogen-bond donors (Lipinski definition) is 0. The molecule has 0 N–H and O–H groups in total. The second-order valence-electron chi connectivity index (χ2n) is 4.08. The maximum absolute atomic E-state index is 10.7. The second kappa shape index (κ2) is 4.96. The van der Waals surface area contributed by atoms with Gasteiger partial charge < -0.3 is 9.47 Å². The summed E-state index contributed by atoms with van der Waals surface area (Å²) in [5, 5.41) is 0. The molecule has 15 heavy (non-hydrogen) atoms. The van der Waals surface area contributed by atoms with Gasteiger partial charge in [0.1, 0.15) is 6.61 Å². The van der Waals surface area contributed by atoms with Crippen molar-refractivity contribution in [2.24, 2.45) is 4.99 Å². The molecule has 0 saturated carbocycles. The van der Waals surface area contributed by atoms with Crippen LogP contribution in [0.5, 0.6) is 0 Å². The summed E-state index contributed by atoms with van der Waals surface area (Å²) < 4.78 is 10.2. The van der Waals surface area contributed by atoms with Crippen LogP contribution in [0.1, 0.15) is 26.7 Å². The van der Waals surface area contributed by atoms with Crippen LogP contribution in [-0.2, 0) is 14.3 Å². The zero-order valence-electron chi connectivity index (χ0n) is 9.28. The van der Waals surface area contributed by atoms with Crippen molar-refractivity contribution in [3.8, 4) is 0 Å². The molecule has 0 unspecified atom stereocenters. The van der Waals surface area contributed by atoms with Crippen LogP contribution in [0, 0.1) is 0 Å². The standard InChI is InChI=1S/C11H17NO3/c1-4-10(13)14-7-5-6-9-12-11(2,3)8-15-9/h4H,1,5-8H2,2-3H3. The van der Waals surface area contributed by atoms with Crippen molar-refractivity contribution in [3.05, 3.63) is 12.7 Å². The van der Waals surface area contributed by atoms with Crippen LogP contribution in [0.15, 0.2) is 17.6 Å². The van der Waals surface area contributed by atoms with Crippen LogP contribution < -0.4 is 0 Å². The van der Waals surface area contributed by atoms with Gasteiger partial charge >= 0.3 is 5.97 Å². The van der Waals surface area contributed by atoms with Gasteiger partial charge in [-0.3, -0.25) is 0 Å². The summed E-state index contributed by atoms with van der Waals surface area (Å²) in [6.07, 6.45) is 2.61. The molecular formula is C11H17NO3. The Kier molecular flexibility index (Phi) is 3.88. The monoisotopic (exact) mass is 211 g/mol. The van der Waals surface area contributed by atoms with Crippen molar-refractivity contribution in [2.75, 3.05) is 13.2 Å². The second-order valence-corrected chi connectivity index (χ2v) is 4.08. The Morgan fingerprint density at radius 1 is 1.73 bits per heavy atom. The van der Waals surface area contributed by atoms with E-state index < -0.39 is 0 Å². The van der Waals surface area contributed by atoms with Crippen molar-refractivity contribution in [1.82, 2.24) is 0 Å². The van der Waals surface area contributed by atoms with Crippen LogP contribution in [-0.4, -0.2) is 30.6 Å². The minimum atomic E-state index is -0.385. The van der Waals surface area contributed by atoms with Gasteiger partial charge in [-0.15, -0.1) is 0 Å². The van der Waals surface area contributed by atoms with Gasteiger partial charge in [0.05, 0.1) is 12.1 Å². The minimum absolute atomic E-state index is 0.104. The molecule has 84 valence electrons. The lowest BCUT2D eigenvalue weighted by molar-refractivity contribution is -0.137. The lowest BCUT2D eigenvalue weighted by Crippen LogP contribution is -2.17. The molecule has 4 heteroatoms. The lowest BCUT2D eigenvalue weighted by atomic mass is 10.1. The fourth-order valence-electron chi connectivity index (χ4n) is 1.25. The predicted molar refractivity (Wildman–Crippen MR) is 57.9 cm³/mol. The largest absolute Gasteiger partial charge is 0.478 e. The summed E-state index contributed by atoms with van der Waals surface area (Å²) in [6, 6.07) is 0. The predicted octanol–water partition coefficient (Wildman–Crippen LogP) is 1.70. The Morgan fingerprint density at radius 2 is 2.47 bits per heavy atom. The first-order chi connectivity index (χ1) is 7.03. The van der Waals surface area contributed by atoms with Gasteiger partial charge in [0.25, 0.3) is 0 Å². The summed E-state index contributed by atoms with van der Waals surface area (Å²) in [7, 11) is 0. The smallest absolute Gasteiger partial charge is 0.330 e. The highest BCUT2D eigenvalue weighted by molar-refractivity contribution is 5.81. The Labute approximate surface area is 90.0 Å². The molecule has 0 atom stereocenters. The van der Waals surface area contributed by atoms with Crippen molar-refractivity contribution in [3.63, 3.8) is 0 Å². The summed E-state index contributed by atoms with van der Waals surface area (Å²) in [5.74, 6) is 0.374. The van der Waals surface area contributed by atoms with Gasteiger partial charge in [-0.2, -0.15) is 0 Å². The fourth-order valence-corrected chi connectivity index (χ4v) is 1.25. The van der Waals surface area contributed by atoms with Crippen LogP contribution in [0.25, 0.3) is 0 Å². The van der Waals surface area contributed by atoms with Crippen LogP contribution in [0.3, 0.4) is 0 Å². The number of aliphatic imine (C=N–C) groups is 1. The zero-order valence-corrected chi connectivity index (χ0v) is 9.28. The molecule has 0 aliphatic carbocycles. The van der Waals surface area contributed by atoms with Crippen molar-refractivity contribution in [2.45, 2.75) is 32.2 Å². The van der Waals surface area contributed by atoms with Gasteiger partial charge in [-0.05, 0) is 20.3 Å². The number of nitrogens with zero attached hydrogens (tertiary/aromatic N) is 1. The molecule has 0 bridgehead atoms.